The molecule has 1 aromatic rings. The molecule has 1 amide bonds. The van der Waals surface area contributed by atoms with Gasteiger partial charge in [0.2, 0.25) is 0 Å². The molecule has 0 heterocycles. The summed E-state index contributed by atoms with van der Waals surface area (Å²) in [6.45, 7) is 1.92. The number of nitrogens with one attached hydrogen (secondary N) is 1. The predicted octanol–water partition coefficient (Wildman–Crippen LogP) is 2.42. The Bertz CT molecular complexity index is 676. The van der Waals surface area contributed by atoms with Gasteiger partial charge >= 0.3 is 0 Å². The lowest BCUT2D eigenvalue weighted by molar-refractivity contribution is 0.0956. The molecule has 118 valence electrons. The zero-order valence-corrected chi connectivity index (χ0v) is 14.8. The fourth-order valence-corrected chi connectivity index (χ4v) is 3.96. The molecule has 0 bridgehead atoms. The average molecular weight is 393 g/mol. The van der Waals surface area contributed by atoms with Gasteiger partial charge in [-0.15, -0.1) is 0 Å². The number of hydrogen-bond donors (Lipinski definition) is 1. The lowest BCUT2D eigenvalue weighted by Crippen LogP contribution is -2.28. The van der Waals surface area contributed by atoms with Crippen molar-refractivity contribution in [2.45, 2.75) is 11.8 Å². The maximum absolute atomic E-state index is 12.0. The van der Waals surface area contributed by atoms with Crippen LogP contribution in [0.4, 0.5) is 0 Å². The Morgan fingerprint density at radius 2 is 1.95 bits per heavy atom. The molecule has 0 radical (unpaired) electrons. The molecule has 5 nitrogen and oxygen atoms in total. The van der Waals surface area contributed by atoms with E-state index in [4.69, 9.17) is 33.9 Å². The van der Waals surface area contributed by atoms with Gasteiger partial charge in [0.05, 0.1) is 15.6 Å². The smallest absolute Gasteiger partial charge is 0.262 e. The van der Waals surface area contributed by atoms with Crippen LogP contribution in [-0.4, -0.2) is 36.6 Å². The largest absolute Gasteiger partial charge is 0.351 e. The number of carbonyl (C=O) groups excluding carboxylic acids is 1. The van der Waals surface area contributed by atoms with Gasteiger partial charge in [0, 0.05) is 39.5 Å². The van der Waals surface area contributed by atoms with Crippen LogP contribution in [-0.2, 0) is 19.9 Å². The molecule has 0 aromatic heterocycles. The molecule has 0 fully saturated rings. The molecular weight excluding hydrogens is 381 g/mol. The molecule has 0 saturated heterocycles. The number of hydrogen-bond acceptors (Lipinski definition) is 4. The Balaban J connectivity index is 3.02. The summed E-state index contributed by atoms with van der Waals surface area (Å²) in [5, 5.41) is 2.14. The Morgan fingerprint density at radius 3 is 2.48 bits per heavy atom. The van der Waals surface area contributed by atoms with Crippen LogP contribution < -0.4 is 5.32 Å². The summed E-state index contributed by atoms with van der Waals surface area (Å²) >= 11 is 11.8. The summed E-state index contributed by atoms with van der Waals surface area (Å²) in [7, 11) is 0.112. The third kappa shape index (κ3) is 5.10. The first-order valence-electron chi connectivity index (χ1n) is 5.74. The van der Waals surface area contributed by atoms with Gasteiger partial charge in [-0.25, -0.2) is 8.42 Å². The van der Waals surface area contributed by atoms with E-state index in [9.17, 15) is 17.4 Å². The molecule has 0 aliphatic rings. The van der Waals surface area contributed by atoms with Crippen molar-refractivity contribution in [3.05, 3.63) is 27.7 Å². The van der Waals surface area contributed by atoms with Crippen LogP contribution >= 0.6 is 33.9 Å². The molecule has 1 aromatic carbocycles. The van der Waals surface area contributed by atoms with Gasteiger partial charge in [0.15, 0.2) is 0 Å². The molecule has 1 rings (SSSR count). The van der Waals surface area contributed by atoms with Crippen LogP contribution in [0.15, 0.2) is 17.0 Å². The van der Waals surface area contributed by atoms with E-state index in [0.717, 1.165) is 6.07 Å². The second-order valence-corrected chi connectivity index (χ2v) is 9.05. The van der Waals surface area contributed by atoms with E-state index in [-0.39, 0.29) is 27.9 Å². The standard InChI is InChI=1S/C11H12Cl3NO4S2/c1-2-20(17)6-5-15-11(16)9-7(12)3-4-8(10(9)13)21(14,18)19/h3-4H,2,5-6H2,1H3,(H,15,16). The van der Waals surface area contributed by atoms with Gasteiger partial charge in [-0.2, -0.15) is 0 Å². The summed E-state index contributed by atoms with van der Waals surface area (Å²) < 4.78 is 34.0. The molecule has 1 unspecified atom stereocenters. The number of rotatable bonds is 6. The number of amides is 1. The summed E-state index contributed by atoms with van der Waals surface area (Å²) in [5.74, 6) is 0.114. The molecule has 1 N–H and O–H groups in total. The van der Waals surface area contributed by atoms with Crippen LogP contribution in [0.2, 0.25) is 10.0 Å². The fourth-order valence-electron chi connectivity index (χ4n) is 1.44. The maximum Gasteiger partial charge on any atom is 0.262 e. The van der Waals surface area contributed by atoms with Crippen molar-refractivity contribution >= 4 is 59.6 Å². The van der Waals surface area contributed by atoms with Crippen molar-refractivity contribution in [3.63, 3.8) is 0 Å². The van der Waals surface area contributed by atoms with E-state index < -0.39 is 30.7 Å². The van der Waals surface area contributed by atoms with E-state index in [1.807, 2.05) is 0 Å². The molecule has 1 atom stereocenters. The van der Waals surface area contributed by atoms with E-state index in [2.05, 4.69) is 5.32 Å². The van der Waals surface area contributed by atoms with E-state index >= 15 is 0 Å². The third-order valence-corrected chi connectivity index (χ3v) is 5.97. The molecule has 0 saturated carbocycles. The minimum Gasteiger partial charge on any atom is -0.351 e. The second-order valence-electron chi connectivity index (χ2n) is 3.86. The van der Waals surface area contributed by atoms with Crippen molar-refractivity contribution in [3.8, 4) is 0 Å². The first kappa shape index (κ1) is 18.7. The van der Waals surface area contributed by atoms with Gasteiger partial charge in [-0.1, -0.05) is 30.1 Å². The van der Waals surface area contributed by atoms with Gasteiger partial charge in [0.1, 0.15) is 4.90 Å². The summed E-state index contributed by atoms with van der Waals surface area (Å²) in [4.78, 5) is 11.6. The average Bonchev–Trinajstić information content (AvgIpc) is 2.36. The minimum atomic E-state index is -4.09. The van der Waals surface area contributed by atoms with E-state index in [1.165, 1.54) is 6.07 Å². The molecule has 21 heavy (non-hydrogen) atoms. The summed E-state index contributed by atoms with van der Waals surface area (Å²) in [6.07, 6.45) is 0. The first-order chi connectivity index (χ1) is 9.68. The number of carbonyl (C=O) groups is 1. The number of benzene rings is 1. The van der Waals surface area contributed by atoms with Crippen molar-refractivity contribution in [2.24, 2.45) is 0 Å². The lowest BCUT2D eigenvalue weighted by atomic mass is 10.2. The molecule has 0 aliphatic carbocycles. The Hall–Kier alpha value is -0.340. The Kier molecular flexibility index (Phi) is 6.93. The van der Waals surface area contributed by atoms with Crippen LogP contribution in [0, 0.1) is 0 Å². The van der Waals surface area contributed by atoms with Crippen molar-refractivity contribution < 1.29 is 17.4 Å². The minimum absolute atomic E-state index is 0.00168. The number of halogens is 3. The summed E-state index contributed by atoms with van der Waals surface area (Å²) in [5.41, 5.74) is -0.178. The predicted molar refractivity (Wildman–Crippen MR) is 85.4 cm³/mol. The quantitative estimate of drug-likeness (QED) is 0.754. The fraction of sp³-hybridized carbons (Fsp3) is 0.364. The molecule has 0 spiro atoms. The second kappa shape index (κ2) is 7.78. The van der Waals surface area contributed by atoms with Crippen molar-refractivity contribution in [2.75, 3.05) is 18.1 Å². The topological polar surface area (TPSA) is 80.3 Å². The van der Waals surface area contributed by atoms with Crippen molar-refractivity contribution in [1.82, 2.24) is 5.32 Å². The monoisotopic (exact) mass is 391 g/mol. The zero-order chi connectivity index (χ0) is 16.2. The highest BCUT2D eigenvalue weighted by Gasteiger charge is 2.23. The van der Waals surface area contributed by atoms with Gasteiger partial charge < -0.3 is 5.32 Å². The first-order valence-corrected chi connectivity index (χ1v) is 10.3. The van der Waals surface area contributed by atoms with Gasteiger partial charge in [0.25, 0.3) is 15.0 Å². The van der Waals surface area contributed by atoms with Crippen LogP contribution in [0.3, 0.4) is 0 Å². The van der Waals surface area contributed by atoms with E-state index in [0.29, 0.717) is 5.75 Å². The SMILES string of the molecule is CCS(=O)CCNC(=O)c1c(Cl)ccc(S(=O)(=O)Cl)c1Cl. The Labute approximate surface area is 139 Å². The molecule has 0 aliphatic heterocycles. The van der Waals surface area contributed by atoms with Gasteiger partial charge in [-0.05, 0) is 12.1 Å². The third-order valence-electron chi connectivity index (χ3n) is 2.48. The molecule has 10 heteroatoms. The highest BCUT2D eigenvalue weighted by Crippen LogP contribution is 2.32. The lowest BCUT2D eigenvalue weighted by Gasteiger charge is -2.10. The summed E-state index contributed by atoms with van der Waals surface area (Å²) in [6, 6.07) is 2.34. The van der Waals surface area contributed by atoms with Crippen LogP contribution in [0.5, 0.6) is 0 Å². The van der Waals surface area contributed by atoms with Crippen LogP contribution in [0.1, 0.15) is 17.3 Å². The van der Waals surface area contributed by atoms with E-state index in [1.54, 1.807) is 6.92 Å². The highest BCUT2D eigenvalue weighted by molar-refractivity contribution is 8.13. The zero-order valence-electron chi connectivity index (χ0n) is 10.9. The van der Waals surface area contributed by atoms with Gasteiger partial charge in [-0.3, -0.25) is 9.00 Å². The van der Waals surface area contributed by atoms with Crippen LogP contribution in [0.25, 0.3) is 0 Å². The van der Waals surface area contributed by atoms with Crippen molar-refractivity contribution in [1.29, 1.82) is 0 Å². The molecular formula is C11H12Cl3NO4S2. The highest BCUT2D eigenvalue weighted by atomic mass is 35.7. The Morgan fingerprint density at radius 1 is 1.33 bits per heavy atom. The normalized spacial score (nSPS) is 13.0. The maximum atomic E-state index is 12.0.